The summed E-state index contributed by atoms with van der Waals surface area (Å²) in [5.74, 6) is 0. The van der Waals surface area contributed by atoms with E-state index in [2.05, 4.69) is 14.9 Å². The zero-order valence-electron chi connectivity index (χ0n) is 11.1. The van der Waals surface area contributed by atoms with E-state index in [0.29, 0.717) is 5.69 Å². The summed E-state index contributed by atoms with van der Waals surface area (Å²) >= 11 is 0. The molecule has 1 aromatic heterocycles. The largest absolute Gasteiger partial charge is 0.416 e. The van der Waals surface area contributed by atoms with Crippen LogP contribution in [0.25, 0.3) is 0 Å². The molecule has 21 heavy (non-hydrogen) atoms. The molecule has 5 nitrogen and oxygen atoms in total. The number of aryl methyl sites for hydroxylation is 2. The second kappa shape index (κ2) is 5.06. The molecule has 1 heterocycles. The van der Waals surface area contributed by atoms with Gasteiger partial charge in [-0.2, -0.15) is 18.3 Å². The maximum absolute atomic E-state index is 12.4. The molecule has 114 valence electrons. The monoisotopic (exact) mass is 319 g/mol. The van der Waals surface area contributed by atoms with Gasteiger partial charge in [-0.05, 0) is 38.1 Å². The van der Waals surface area contributed by atoms with Gasteiger partial charge in [0.2, 0.25) is 0 Å². The number of sulfonamides is 1. The van der Waals surface area contributed by atoms with E-state index in [9.17, 15) is 21.6 Å². The Morgan fingerprint density at radius 1 is 1.14 bits per heavy atom. The molecule has 0 bridgehead atoms. The number of aromatic amines is 1. The van der Waals surface area contributed by atoms with Crippen LogP contribution in [0.4, 0.5) is 18.9 Å². The minimum absolute atomic E-state index is 0.0117. The van der Waals surface area contributed by atoms with Gasteiger partial charge in [0.15, 0.2) is 0 Å². The maximum Gasteiger partial charge on any atom is 0.416 e. The third kappa shape index (κ3) is 3.18. The van der Waals surface area contributed by atoms with Gasteiger partial charge in [-0.3, -0.25) is 9.82 Å². The number of halogens is 3. The number of nitrogens with zero attached hydrogens (tertiary/aromatic N) is 1. The van der Waals surface area contributed by atoms with Gasteiger partial charge in [-0.15, -0.1) is 0 Å². The van der Waals surface area contributed by atoms with Crippen LogP contribution in [0.3, 0.4) is 0 Å². The van der Waals surface area contributed by atoms with E-state index in [1.165, 1.54) is 6.92 Å². The number of hydrogen-bond acceptors (Lipinski definition) is 3. The van der Waals surface area contributed by atoms with Crippen molar-refractivity contribution >= 4 is 15.7 Å². The van der Waals surface area contributed by atoms with Gasteiger partial charge in [0.1, 0.15) is 4.90 Å². The van der Waals surface area contributed by atoms with E-state index < -0.39 is 21.8 Å². The summed E-state index contributed by atoms with van der Waals surface area (Å²) < 4.78 is 63.9. The molecule has 0 amide bonds. The van der Waals surface area contributed by atoms with E-state index in [1.807, 2.05) is 0 Å². The number of nitrogens with one attached hydrogen (secondary N) is 2. The molecule has 0 aliphatic rings. The van der Waals surface area contributed by atoms with Gasteiger partial charge >= 0.3 is 6.18 Å². The molecule has 0 saturated heterocycles. The first-order valence-electron chi connectivity index (χ1n) is 5.83. The number of hydrogen-bond donors (Lipinski definition) is 2. The van der Waals surface area contributed by atoms with Gasteiger partial charge in [-0.1, -0.05) is 0 Å². The van der Waals surface area contributed by atoms with Crippen LogP contribution in [0.5, 0.6) is 0 Å². The zero-order valence-corrected chi connectivity index (χ0v) is 11.9. The fourth-order valence-electron chi connectivity index (χ4n) is 1.87. The van der Waals surface area contributed by atoms with Gasteiger partial charge in [0.05, 0.1) is 17.0 Å². The number of rotatable bonds is 3. The van der Waals surface area contributed by atoms with Crippen LogP contribution in [0.2, 0.25) is 0 Å². The average Bonchev–Trinajstić information content (AvgIpc) is 2.68. The molecule has 2 rings (SSSR count). The zero-order chi connectivity index (χ0) is 15.8. The summed E-state index contributed by atoms with van der Waals surface area (Å²) in [4.78, 5) is -0.0117. The van der Waals surface area contributed by atoms with E-state index in [-0.39, 0.29) is 16.3 Å². The molecule has 2 aromatic rings. The molecular formula is C12H12F3N3O2S. The molecule has 0 atom stereocenters. The van der Waals surface area contributed by atoms with Crippen LogP contribution in [0, 0.1) is 13.8 Å². The minimum Gasteiger partial charge on any atom is -0.281 e. The third-order valence-electron chi connectivity index (χ3n) is 2.79. The number of H-pyrrole nitrogens is 1. The van der Waals surface area contributed by atoms with Crippen LogP contribution in [-0.4, -0.2) is 18.6 Å². The summed E-state index contributed by atoms with van der Waals surface area (Å²) in [5, 5.41) is 6.32. The number of alkyl halides is 3. The summed E-state index contributed by atoms with van der Waals surface area (Å²) in [6.45, 7) is 3.06. The first-order valence-corrected chi connectivity index (χ1v) is 7.31. The summed E-state index contributed by atoms with van der Waals surface area (Å²) in [6, 6.07) is 3.75. The van der Waals surface area contributed by atoms with Crippen molar-refractivity contribution in [1.82, 2.24) is 10.2 Å². The Morgan fingerprint density at radius 3 is 2.14 bits per heavy atom. The molecule has 0 radical (unpaired) electrons. The standard InChI is InChI=1S/C12H12F3N3O2S/c1-7-11(8(2)17-16-7)21(19,20)18-10-5-3-9(4-6-10)12(13,14)15/h3-6,18H,1-2H3,(H,16,17). The molecule has 9 heteroatoms. The second-order valence-electron chi connectivity index (χ2n) is 4.44. The van der Waals surface area contributed by atoms with Gasteiger partial charge in [-0.25, -0.2) is 8.42 Å². The second-order valence-corrected chi connectivity index (χ2v) is 6.06. The predicted octanol–water partition coefficient (Wildman–Crippen LogP) is 2.85. The smallest absolute Gasteiger partial charge is 0.281 e. The highest BCUT2D eigenvalue weighted by atomic mass is 32.2. The SMILES string of the molecule is Cc1n[nH]c(C)c1S(=O)(=O)Nc1ccc(C(F)(F)F)cc1. The lowest BCUT2D eigenvalue weighted by atomic mass is 10.2. The van der Waals surface area contributed by atoms with Crippen molar-refractivity contribution in [3.8, 4) is 0 Å². The van der Waals surface area contributed by atoms with Crippen molar-refractivity contribution in [3.05, 3.63) is 41.2 Å². The first kappa shape index (κ1) is 15.4. The Labute approximate surface area is 119 Å². The Hall–Kier alpha value is -2.03. The quantitative estimate of drug-likeness (QED) is 0.913. The number of aromatic nitrogens is 2. The summed E-state index contributed by atoms with van der Waals surface area (Å²) in [5.41, 5.74) is -0.164. The molecule has 0 unspecified atom stereocenters. The van der Waals surface area contributed by atoms with E-state index >= 15 is 0 Å². The van der Waals surface area contributed by atoms with Crippen LogP contribution in [-0.2, 0) is 16.2 Å². The Bertz CT molecular complexity index is 730. The lowest BCUT2D eigenvalue weighted by Gasteiger charge is -2.10. The molecule has 2 N–H and O–H groups in total. The number of anilines is 1. The summed E-state index contributed by atoms with van der Waals surface area (Å²) in [6.07, 6.45) is -4.46. The highest BCUT2D eigenvalue weighted by Gasteiger charge is 2.30. The number of benzene rings is 1. The lowest BCUT2D eigenvalue weighted by molar-refractivity contribution is -0.137. The van der Waals surface area contributed by atoms with E-state index in [0.717, 1.165) is 24.3 Å². The molecule has 1 aromatic carbocycles. The van der Waals surface area contributed by atoms with Crippen molar-refractivity contribution in [2.24, 2.45) is 0 Å². The van der Waals surface area contributed by atoms with Crippen molar-refractivity contribution < 1.29 is 21.6 Å². The highest BCUT2D eigenvalue weighted by molar-refractivity contribution is 7.92. The highest BCUT2D eigenvalue weighted by Crippen LogP contribution is 2.30. The normalized spacial score (nSPS) is 12.4. The maximum atomic E-state index is 12.4. The first-order chi connectivity index (χ1) is 9.61. The van der Waals surface area contributed by atoms with Gasteiger partial charge in [0, 0.05) is 5.69 Å². The Balaban J connectivity index is 2.30. The van der Waals surface area contributed by atoms with Crippen molar-refractivity contribution in [3.63, 3.8) is 0 Å². The molecule has 0 aliphatic heterocycles. The fourth-order valence-corrected chi connectivity index (χ4v) is 3.30. The molecule has 0 saturated carbocycles. The lowest BCUT2D eigenvalue weighted by Crippen LogP contribution is -2.15. The summed E-state index contributed by atoms with van der Waals surface area (Å²) in [7, 11) is -3.90. The Morgan fingerprint density at radius 2 is 1.71 bits per heavy atom. The van der Waals surface area contributed by atoms with Crippen molar-refractivity contribution in [2.45, 2.75) is 24.9 Å². The van der Waals surface area contributed by atoms with E-state index in [4.69, 9.17) is 0 Å². The van der Waals surface area contributed by atoms with Crippen LogP contribution >= 0.6 is 0 Å². The van der Waals surface area contributed by atoms with Crippen LogP contribution in [0.15, 0.2) is 29.2 Å². The van der Waals surface area contributed by atoms with Gasteiger partial charge in [0.25, 0.3) is 10.0 Å². The predicted molar refractivity (Wildman–Crippen MR) is 70.3 cm³/mol. The van der Waals surface area contributed by atoms with Crippen LogP contribution < -0.4 is 4.72 Å². The average molecular weight is 319 g/mol. The third-order valence-corrected chi connectivity index (χ3v) is 4.44. The molecule has 0 fully saturated rings. The van der Waals surface area contributed by atoms with E-state index in [1.54, 1.807) is 6.92 Å². The molecule has 0 aliphatic carbocycles. The molecule has 0 spiro atoms. The molecular weight excluding hydrogens is 307 g/mol. The minimum atomic E-state index is -4.46. The fraction of sp³-hybridized carbons (Fsp3) is 0.250. The topological polar surface area (TPSA) is 74.8 Å². The van der Waals surface area contributed by atoms with Gasteiger partial charge < -0.3 is 0 Å². The van der Waals surface area contributed by atoms with Crippen LogP contribution in [0.1, 0.15) is 17.0 Å². The van der Waals surface area contributed by atoms with Crippen molar-refractivity contribution in [2.75, 3.05) is 4.72 Å². The Kier molecular flexibility index (Phi) is 3.70. The van der Waals surface area contributed by atoms with Crippen molar-refractivity contribution in [1.29, 1.82) is 0 Å².